The number of benzene rings is 1. The van der Waals surface area contributed by atoms with Crippen LogP contribution in [-0.4, -0.2) is 16.1 Å². The highest BCUT2D eigenvalue weighted by molar-refractivity contribution is 7.17. The molecular formula is C19H17NO2S. The predicted molar refractivity (Wildman–Crippen MR) is 95.8 cm³/mol. The number of aliphatic carboxylic acids is 1. The summed E-state index contributed by atoms with van der Waals surface area (Å²) in [4.78, 5) is 15.3. The van der Waals surface area contributed by atoms with E-state index in [9.17, 15) is 4.79 Å². The largest absolute Gasteiger partial charge is 0.481 e. The molecule has 0 bridgehead atoms. The second-order valence-corrected chi connectivity index (χ2v) is 6.46. The molecule has 3 rings (SSSR count). The van der Waals surface area contributed by atoms with Gasteiger partial charge in [0.25, 0.3) is 0 Å². The first-order chi connectivity index (χ1) is 11.0. The molecule has 0 aliphatic carbocycles. The number of thiophene rings is 1. The smallest absolute Gasteiger partial charge is 0.307 e. The zero-order valence-corrected chi connectivity index (χ0v) is 13.9. The highest BCUT2D eigenvalue weighted by Gasteiger charge is 2.07. The summed E-state index contributed by atoms with van der Waals surface area (Å²) in [6.45, 7) is 3.99. The number of aryl methyl sites for hydroxylation is 2. The van der Waals surface area contributed by atoms with Crippen LogP contribution < -0.4 is 0 Å². The third kappa shape index (κ3) is 3.48. The van der Waals surface area contributed by atoms with Gasteiger partial charge in [0.1, 0.15) is 0 Å². The first-order valence-electron chi connectivity index (χ1n) is 7.37. The lowest BCUT2D eigenvalue weighted by Gasteiger charge is -2.01. The zero-order valence-electron chi connectivity index (χ0n) is 13.0. The van der Waals surface area contributed by atoms with E-state index in [4.69, 9.17) is 5.11 Å². The molecule has 3 nitrogen and oxygen atoms in total. The van der Waals surface area contributed by atoms with E-state index in [-0.39, 0.29) is 6.42 Å². The number of rotatable bonds is 4. The molecule has 2 aromatic heterocycles. The fourth-order valence-electron chi connectivity index (χ4n) is 2.56. The molecule has 1 aromatic carbocycles. The van der Waals surface area contributed by atoms with Crippen LogP contribution in [0.25, 0.3) is 22.2 Å². The molecule has 0 radical (unpaired) electrons. The Morgan fingerprint density at radius 1 is 1.22 bits per heavy atom. The summed E-state index contributed by atoms with van der Waals surface area (Å²) < 4.78 is 1.11. The van der Waals surface area contributed by atoms with Crippen LogP contribution in [0.1, 0.15) is 28.1 Å². The van der Waals surface area contributed by atoms with Gasteiger partial charge in [-0.3, -0.25) is 9.78 Å². The molecule has 0 saturated carbocycles. The number of carboxylic acids is 1. The van der Waals surface area contributed by atoms with Crippen LogP contribution in [-0.2, 0) is 11.2 Å². The van der Waals surface area contributed by atoms with Crippen molar-refractivity contribution < 1.29 is 9.90 Å². The van der Waals surface area contributed by atoms with Crippen LogP contribution in [0.4, 0.5) is 0 Å². The van der Waals surface area contributed by atoms with E-state index in [2.05, 4.69) is 29.3 Å². The van der Waals surface area contributed by atoms with Gasteiger partial charge in [-0.15, -0.1) is 11.3 Å². The Morgan fingerprint density at radius 3 is 2.78 bits per heavy atom. The number of fused-ring (bicyclic) bond motifs is 1. The Kier molecular flexibility index (Phi) is 4.26. The van der Waals surface area contributed by atoms with E-state index in [0.717, 1.165) is 38.2 Å². The van der Waals surface area contributed by atoms with Crippen molar-refractivity contribution in [2.24, 2.45) is 0 Å². The lowest BCUT2D eigenvalue weighted by Crippen LogP contribution is -1.98. The van der Waals surface area contributed by atoms with Gasteiger partial charge in [0.2, 0.25) is 0 Å². The van der Waals surface area contributed by atoms with E-state index in [1.807, 2.05) is 37.4 Å². The van der Waals surface area contributed by atoms with Crippen LogP contribution >= 0.6 is 11.3 Å². The summed E-state index contributed by atoms with van der Waals surface area (Å²) in [6, 6.07) is 10.2. The van der Waals surface area contributed by atoms with E-state index >= 15 is 0 Å². The lowest BCUT2D eigenvalue weighted by molar-refractivity contribution is -0.136. The molecule has 0 aliphatic heterocycles. The first kappa shape index (κ1) is 15.4. The monoisotopic (exact) mass is 323 g/mol. The summed E-state index contributed by atoms with van der Waals surface area (Å²) in [5.74, 6) is -0.795. The number of carboxylic acid groups (broad SMARTS) is 1. The van der Waals surface area contributed by atoms with Gasteiger partial charge < -0.3 is 5.11 Å². The molecule has 0 spiro atoms. The minimum Gasteiger partial charge on any atom is -0.481 e. The molecule has 4 heteroatoms. The molecule has 0 amide bonds. The minimum absolute atomic E-state index is 0.0728. The molecule has 0 aliphatic rings. The van der Waals surface area contributed by atoms with Crippen LogP contribution in [0.3, 0.4) is 0 Å². The third-order valence-electron chi connectivity index (χ3n) is 3.74. The fraction of sp³-hybridized carbons (Fsp3) is 0.158. The number of hydrogen-bond acceptors (Lipinski definition) is 3. The quantitative estimate of drug-likeness (QED) is 0.756. The SMILES string of the molecule is Cc1ccc(/C=C\c2ccc3c(CC(=O)O)csc3c2)c(C)n1. The Bertz CT molecular complexity index is 909. The maximum atomic E-state index is 10.9. The Morgan fingerprint density at radius 2 is 2.04 bits per heavy atom. The maximum absolute atomic E-state index is 10.9. The highest BCUT2D eigenvalue weighted by atomic mass is 32.1. The molecule has 116 valence electrons. The minimum atomic E-state index is -0.795. The number of pyridine rings is 1. The van der Waals surface area contributed by atoms with Crippen LogP contribution in [0.5, 0.6) is 0 Å². The Labute approximate surface area is 138 Å². The third-order valence-corrected chi connectivity index (χ3v) is 4.74. The van der Waals surface area contributed by atoms with Gasteiger partial charge in [-0.05, 0) is 53.4 Å². The van der Waals surface area contributed by atoms with Gasteiger partial charge in [0.05, 0.1) is 6.42 Å². The first-order valence-corrected chi connectivity index (χ1v) is 8.25. The molecule has 2 heterocycles. The van der Waals surface area contributed by atoms with Gasteiger partial charge in [-0.1, -0.05) is 30.4 Å². The number of aromatic nitrogens is 1. The summed E-state index contributed by atoms with van der Waals surface area (Å²) in [6.07, 6.45) is 4.20. The maximum Gasteiger partial charge on any atom is 0.307 e. The standard InChI is InChI=1S/C19H17NO2S/c1-12-3-6-15(13(2)20-12)7-4-14-5-8-17-16(10-19(21)22)11-23-18(17)9-14/h3-9,11H,10H2,1-2H3,(H,21,22)/b7-4-. The van der Waals surface area contributed by atoms with Crippen molar-refractivity contribution in [2.45, 2.75) is 20.3 Å². The van der Waals surface area contributed by atoms with Gasteiger partial charge in [0, 0.05) is 16.1 Å². The van der Waals surface area contributed by atoms with E-state index < -0.39 is 5.97 Å². The second-order valence-electron chi connectivity index (χ2n) is 5.55. The predicted octanol–water partition coefficient (Wildman–Crippen LogP) is 4.71. The summed E-state index contributed by atoms with van der Waals surface area (Å²) in [7, 11) is 0. The van der Waals surface area contributed by atoms with Gasteiger partial charge in [-0.25, -0.2) is 0 Å². The summed E-state index contributed by atoms with van der Waals surface area (Å²) >= 11 is 1.59. The average molecular weight is 323 g/mol. The molecule has 23 heavy (non-hydrogen) atoms. The van der Waals surface area contributed by atoms with Crippen molar-refractivity contribution in [3.63, 3.8) is 0 Å². The van der Waals surface area contributed by atoms with Gasteiger partial charge >= 0.3 is 5.97 Å². The van der Waals surface area contributed by atoms with E-state index in [1.54, 1.807) is 11.3 Å². The van der Waals surface area contributed by atoms with Crippen molar-refractivity contribution in [1.82, 2.24) is 4.98 Å². The van der Waals surface area contributed by atoms with Crippen molar-refractivity contribution in [3.05, 3.63) is 63.8 Å². The summed E-state index contributed by atoms with van der Waals surface area (Å²) in [5, 5.41) is 11.9. The molecular weight excluding hydrogens is 306 g/mol. The topological polar surface area (TPSA) is 50.2 Å². The number of carbonyl (C=O) groups is 1. The molecule has 0 atom stereocenters. The Balaban J connectivity index is 1.89. The summed E-state index contributed by atoms with van der Waals surface area (Å²) in [5.41, 5.74) is 5.12. The molecule has 0 unspecified atom stereocenters. The van der Waals surface area contributed by atoms with Crippen molar-refractivity contribution in [2.75, 3.05) is 0 Å². The fourth-order valence-corrected chi connectivity index (χ4v) is 3.57. The lowest BCUT2D eigenvalue weighted by atomic mass is 10.1. The van der Waals surface area contributed by atoms with Crippen LogP contribution in [0.15, 0.2) is 35.7 Å². The van der Waals surface area contributed by atoms with Crippen LogP contribution in [0, 0.1) is 13.8 Å². The Hall–Kier alpha value is -2.46. The zero-order chi connectivity index (χ0) is 16.4. The number of hydrogen-bond donors (Lipinski definition) is 1. The molecule has 3 aromatic rings. The highest BCUT2D eigenvalue weighted by Crippen LogP contribution is 2.28. The van der Waals surface area contributed by atoms with E-state index in [1.165, 1.54) is 0 Å². The van der Waals surface area contributed by atoms with Crippen molar-refractivity contribution >= 4 is 39.5 Å². The van der Waals surface area contributed by atoms with Crippen molar-refractivity contribution in [3.8, 4) is 0 Å². The second kappa shape index (κ2) is 6.34. The molecule has 0 saturated heterocycles. The normalized spacial score (nSPS) is 11.4. The average Bonchev–Trinajstić information content (AvgIpc) is 2.88. The van der Waals surface area contributed by atoms with Gasteiger partial charge in [-0.2, -0.15) is 0 Å². The molecule has 1 N–H and O–H groups in total. The van der Waals surface area contributed by atoms with Crippen molar-refractivity contribution in [1.29, 1.82) is 0 Å². The molecule has 0 fully saturated rings. The van der Waals surface area contributed by atoms with Gasteiger partial charge in [0.15, 0.2) is 0 Å². The van der Waals surface area contributed by atoms with E-state index in [0.29, 0.717) is 0 Å². The number of nitrogens with zero attached hydrogens (tertiary/aromatic N) is 1. The van der Waals surface area contributed by atoms with Crippen LogP contribution in [0.2, 0.25) is 0 Å².